The largest absolute Gasteiger partial charge is 0.476 e. The maximum Gasteiger partial charge on any atom is 0.360 e. The number of para-hydroxylation sites is 2. The molecule has 0 amide bonds. The van der Waals surface area contributed by atoms with E-state index in [-0.39, 0.29) is 28.9 Å². The molecular weight excluding hydrogens is 326 g/mol. The molecule has 9 nitrogen and oxygen atoms in total. The van der Waals surface area contributed by atoms with Crippen LogP contribution in [0.2, 0.25) is 0 Å². The number of hydrogen-bond donors (Lipinski definition) is 1. The summed E-state index contributed by atoms with van der Waals surface area (Å²) in [5.41, 5.74) is -0.212. The van der Waals surface area contributed by atoms with Crippen molar-refractivity contribution in [3.63, 3.8) is 0 Å². The first-order valence-corrected chi connectivity index (χ1v) is 8.24. The second kappa shape index (κ2) is 6.88. The molecule has 1 saturated heterocycles. The Hall–Kier alpha value is -2.97. The van der Waals surface area contributed by atoms with Crippen LogP contribution in [0.1, 0.15) is 43.1 Å². The first-order chi connectivity index (χ1) is 12.0. The smallest absolute Gasteiger partial charge is 0.360 e. The number of carbonyl (C=O) groups is 1. The third kappa shape index (κ3) is 3.17. The van der Waals surface area contributed by atoms with Gasteiger partial charge in [-0.15, -0.1) is 15.0 Å². The number of nitro benzene ring substituents is 1. The summed E-state index contributed by atoms with van der Waals surface area (Å²) in [5.74, 6) is -0.919. The summed E-state index contributed by atoms with van der Waals surface area (Å²) in [6, 6.07) is 6.21. The Morgan fingerprint density at radius 3 is 2.80 bits per heavy atom. The molecule has 25 heavy (non-hydrogen) atoms. The number of carboxylic acids is 1. The van der Waals surface area contributed by atoms with E-state index in [2.05, 4.69) is 17.1 Å². The summed E-state index contributed by atoms with van der Waals surface area (Å²) in [4.78, 5) is 25.4. The molecule has 9 heteroatoms. The Morgan fingerprint density at radius 2 is 2.12 bits per heavy atom. The van der Waals surface area contributed by atoms with E-state index in [1.807, 2.05) is 4.90 Å². The molecule has 0 saturated carbocycles. The Bertz CT molecular complexity index is 804. The number of rotatable bonds is 5. The third-order valence-electron chi connectivity index (χ3n) is 4.46. The number of aromatic carboxylic acids is 1. The Morgan fingerprint density at radius 1 is 1.36 bits per heavy atom. The van der Waals surface area contributed by atoms with E-state index in [4.69, 9.17) is 0 Å². The molecule has 3 rings (SSSR count). The van der Waals surface area contributed by atoms with Gasteiger partial charge in [0.2, 0.25) is 5.69 Å². The summed E-state index contributed by atoms with van der Waals surface area (Å²) in [6.45, 7) is 2.75. The first kappa shape index (κ1) is 16.9. The van der Waals surface area contributed by atoms with Crippen LogP contribution < -0.4 is 4.90 Å². The van der Waals surface area contributed by atoms with Crippen LogP contribution in [0.5, 0.6) is 0 Å². The molecule has 1 atom stereocenters. The summed E-state index contributed by atoms with van der Waals surface area (Å²) in [6.07, 6.45) is 3.88. The van der Waals surface area contributed by atoms with E-state index < -0.39 is 10.9 Å². The Kier molecular flexibility index (Phi) is 4.64. The number of anilines is 1. The standard InChI is InChI=1S/C16H19N5O4/c1-2-11-7-5-6-10-19(11)15-14(16(22)23)17-20(18-15)12-8-3-4-9-13(12)21(24)25/h3-4,8-9,11H,2,5-7,10H2,1H3,(H,22,23)/t11-/m1/s1. The lowest BCUT2D eigenvalue weighted by atomic mass is 10.00. The molecule has 1 aliphatic heterocycles. The fraction of sp³-hybridized carbons (Fsp3) is 0.438. The third-order valence-corrected chi connectivity index (χ3v) is 4.46. The number of aromatic nitrogens is 3. The molecule has 1 fully saturated rings. The molecule has 2 aromatic rings. The van der Waals surface area contributed by atoms with E-state index in [0.29, 0.717) is 6.54 Å². The molecule has 2 heterocycles. The highest BCUT2D eigenvalue weighted by atomic mass is 16.6. The van der Waals surface area contributed by atoms with Crippen LogP contribution in [-0.4, -0.2) is 43.6 Å². The van der Waals surface area contributed by atoms with Crippen LogP contribution in [0, 0.1) is 10.1 Å². The van der Waals surface area contributed by atoms with E-state index in [9.17, 15) is 20.0 Å². The fourth-order valence-corrected chi connectivity index (χ4v) is 3.23. The lowest BCUT2D eigenvalue weighted by molar-refractivity contribution is -0.384. The predicted octanol–water partition coefficient (Wildman–Crippen LogP) is 2.64. The van der Waals surface area contributed by atoms with Gasteiger partial charge in [-0.05, 0) is 31.7 Å². The van der Waals surface area contributed by atoms with Gasteiger partial charge in [0.15, 0.2) is 11.5 Å². The number of carboxylic acid groups (broad SMARTS) is 1. The molecule has 0 spiro atoms. The minimum Gasteiger partial charge on any atom is -0.476 e. The Balaban J connectivity index is 2.10. The van der Waals surface area contributed by atoms with Gasteiger partial charge in [-0.2, -0.15) is 0 Å². The van der Waals surface area contributed by atoms with Crippen molar-refractivity contribution in [1.29, 1.82) is 0 Å². The lowest BCUT2D eigenvalue weighted by Gasteiger charge is -2.35. The molecule has 132 valence electrons. The highest BCUT2D eigenvalue weighted by Crippen LogP contribution is 2.29. The maximum atomic E-state index is 11.6. The number of nitro groups is 1. The van der Waals surface area contributed by atoms with Gasteiger partial charge >= 0.3 is 5.97 Å². The maximum absolute atomic E-state index is 11.6. The van der Waals surface area contributed by atoms with Gasteiger partial charge in [0.05, 0.1) is 4.92 Å². The zero-order valence-electron chi connectivity index (χ0n) is 13.8. The van der Waals surface area contributed by atoms with E-state index in [1.54, 1.807) is 12.1 Å². The second-order valence-electron chi connectivity index (χ2n) is 5.96. The van der Waals surface area contributed by atoms with Gasteiger partial charge in [0, 0.05) is 18.7 Å². The van der Waals surface area contributed by atoms with Crippen LogP contribution in [0.15, 0.2) is 24.3 Å². The van der Waals surface area contributed by atoms with E-state index in [1.165, 1.54) is 12.1 Å². The van der Waals surface area contributed by atoms with Crippen LogP contribution in [0.25, 0.3) is 5.69 Å². The van der Waals surface area contributed by atoms with Gasteiger partial charge in [-0.3, -0.25) is 10.1 Å². The molecule has 1 aliphatic rings. The molecule has 0 aliphatic carbocycles. The van der Waals surface area contributed by atoms with Gasteiger partial charge in [0.1, 0.15) is 0 Å². The summed E-state index contributed by atoms with van der Waals surface area (Å²) in [7, 11) is 0. The van der Waals surface area contributed by atoms with E-state index in [0.717, 1.165) is 30.5 Å². The molecule has 1 aromatic heterocycles. The average molecular weight is 345 g/mol. The monoisotopic (exact) mass is 345 g/mol. The summed E-state index contributed by atoms with van der Waals surface area (Å²) >= 11 is 0. The number of hydrogen-bond acceptors (Lipinski definition) is 6. The molecule has 0 unspecified atom stereocenters. The van der Waals surface area contributed by atoms with Crippen LogP contribution >= 0.6 is 0 Å². The first-order valence-electron chi connectivity index (χ1n) is 8.24. The molecular formula is C16H19N5O4. The van der Waals surface area contributed by atoms with Crippen molar-refractivity contribution in [2.45, 2.75) is 38.6 Å². The summed E-state index contributed by atoms with van der Waals surface area (Å²) in [5, 5.41) is 29.1. The molecule has 0 bridgehead atoms. The van der Waals surface area contributed by atoms with Crippen molar-refractivity contribution >= 4 is 17.5 Å². The van der Waals surface area contributed by atoms with Crippen molar-refractivity contribution in [3.05, 3.63) is 40.1 Å². The van der Waals surface area contributed by atoms with Gasteiger partial charge in [0.25, 0.3) is 5.69 Å². The van der Waals surface area contributed by atoms with Crippen molar-refractivity contribution in [2.24, 2.45) is 0 Å². The highest BCUT2D eigenvalue weighted by molar-refractivity contribution is 5.91. The van der Waals surface area contributed by atoms with Crippen molar-refractivity contribution in [2.75, 3.05) is 11.4 Å². The van der Waals surface area contributed by atoms with Gasteiger partial charge in [-0.25, -0.2) is 4.79 Å². The average Bonchev–Trinajstić information content (AvgIpc) is 3.07. The SMILES string of the molecule is CC[C@@H]1CCCCN1c1nn(-c2ccccc2[N+](=O)[O-])nc1C(=O)O. The van der Waals surface area contributed by atoms with Crippen molar-refractivity contribution in [3.8, 4) is 5.69 Å². The zero-order valence-corrected chi connectivity index (χ0v) is 13.8. The van der Waals surface area contributed by atoms with E-state index >= 15 is 0 Å². The lowest BCUT2D eigenvalue weighted by Crippen LogP contribution is -2.40. The van der Waals surface area contributed by atoms with Crippen molar-refractivity contribution < 1.29 is 14.8 Å². The van der Waals surface area contributed by atoms with Gasteiger partial charge in [-0.1, -0.05) is 19.1 Å². The number of nitrogens with zero attached hydrogens (tertiary/aromatic N) is 5. The highest BCUT2D eigenvalue weighted by Gasteiger charge is 2.30. The quantitative estimate of drug-likeness (QED) is 0.654. The molecule has 1 N–H and O–H groups in total. The zero-order chi connectivity index (χ0) is 18.0. The van der Waals surface area contributed by atoms with Crippen molar-refractivity contribution in [1.82, 2.24) is 15.0 Å². The topological polar surface area (TPSA) is 114 Å². The number of benzene rings is 1. The summed E-state index contributed by atoms with van der Waals surface area (Å²) < 4.78 is 0. The second-order valence-corrected chi connectivity index (χ2v) is 5.96. The predicted molar refractivity (Wildman–Crippen MR) is 90.2 cm³/mol. The number of piperidine rings is 1. The fourth-order valence-electron chi connectivity index (χ4n) is 3.23. The minimum absolute atomic E-state index is 0.145. The minimum atomic E-state index is -1.19. The molecule has 0 radical (unpaired) electrons. The Labute approximate surface area is 144 Å². The normalized spacial score (nSPS) is 17.5. The van der Waals surface area contributed by atoms with Gasteiger partial charge < -0.3 is 10.0 Å². The van der Waals surface area contributed by atoms with Crippen LogP contribution in [0.4, 0.5) is 11.5 Å². The molecule has 1 aromatic carbocycles. The van der Waals surface area contributed by atoms with Crippen LogP contribution in [0.3, 0.4) is 0 Å². The van der Waals surface area contributed by atoms with Crippen LogP contribution in [-0.2, 0) is 0 Å².